The lowest BCUT2D eigenvalue weighted by Crippen LogP contribution is -2.18. The van der Waals surface area contributed by atoms with Crippen molar-refractivity contribution in [3.8, 4) is 0 Å². The molecule has 1 aromatic carbocycles. The van der Waals surface area contributed by atoms with Crippen LogP contribution < -0.4 is 5.32 Å². The summed E-state index contributed by atoms with van der Waals surface area (Å²) in [6, 6.07) is 1.60. The molecule has 0 aliphatic heterocycles. The summed E-state index contributed by atoms with van der Waals surface area (Å²) in [7, 11) is 1.01. The predicted molar refractivity (Wildman–Crippen MR) is 62.9 cm³/mol. The average molecular weight is 273 g/mol. The zero-order valence-electron chi connectivity index (χ0n) is 10.6. The van der Waals surface area contributed by atoms with Crippen LogP contribution in [0, 0.1) is 11.6 Å². The van der Waals surface area contributed by atoms with Gasteiger partial charge in [0.1, 0.15) is 17.2 Å². The highest BCUT2D eigenvalue weighted by molar-refractivity contribution is 5.91. The van der Waals surface area contributed by atoms with Gasteiger partial charge in [-0.3, -0.25) is 5.32 Å². The van der Waals surface area contributed by atoms with E-state index in [0.29, 0.717) is 0 Å². The Hall–Kier alpha value is -2.18. The topological polar surface area (TPSA) is 64.6 Å². The normalized spacial score (nSPS) is 10.2. The van der Waals surface area contributed by atoms with E-state index >= 15 is 0 Å². The van der Waals surface area contributed by atoms with E-state index in [1.165, 1.54) is 0 Å². The van der Waals surface area contributed by atoms with Crippen molar-refractivity contribution in [1.82, 2.24) is 0 Å². The molecule has 0 bridgehead atoms. The molecule has 0 spiro atoms. The minimum absolute atomic E-state index is 0.159. The first-order chi connectivity index (χ1) is 8.85. The number of rotatable bonds is 3. The standard InChI is InChI=1S/C12H13F2NO4/c1-6(2)19-12(17)15-7-4-8(13)10(9(14)5-7)11(16)18-3/h4-6H,1-3H3,(H,15,17). The lowest BCUT2D eigenvalue weighted by molar-refractivity contribution is 0.0590. The molecule has 1 N–H and O–H groups in total. The number of carbonyl (C=O) groups excluding carboxylic acids is 2. The van der Waals surface area contributed by atoms with E-state index in [9.17, 15) is 18.4 Å². The molecule has 0 aromatic heterocycles. The number of anilines is 1. The Bertz CT molecular complexity index is 479. The number of esters is 1. The molecule has 0 heterocycles. The van der Waals surface area contributed by atoms with Crippen molar-refractivity contribution in [3.63, 3.8) is 0 Å². The van der Waals surface area contributed by atoms with Crippen molar-refractivity contribution in [2.45, 2.75) is 20.0 Å². The largest absolute Gasteiger partial charge is 0.465 e. The minimum Gasteiger partial charge on any atom is -0.465 e. The molecule has 1 rings (SSSR count). The second kappa shape index (κ2) is 6.12. The van der Waals surface area contributed by atoms with Gasteiger partial charge in [-0.2, -0.15) is 0 Å². The maximum Gasteiger partial charge on any atom is 0.411 e. The van der Waals surface area contributed by atoms with Gasteiger partial charge in [0.05, 0.1) is 13.2 Å². The molecule has 0 fully saturated rings. The Morgan fingerprint density at radius 1 is 1.21 bits per heavy atom. The van der Waals surface area contributed by atoms with Gasteiger partial charge in [-0.1, -0.05) is 0 Å². The SMILES string of the molecule is COC(=O)c1c(F)cc(NC(=O)OC(C)C)cc1F. The van der Waals surface area contributed by atoms with Crippen LogP contribution in [-0.4, -0.2) is 25.3 Å². The molecular weight excluding hydrogens is 260 g/mol. The molecule has 0 aliphatic carbocycles. The van der Waals surface area contributed by atoms with Crippen molar-refractivity contribution in [1.29, 1.82) is 0 Å². The molecule has 1 amide bonds. The number of hydrogen-bond acceptors (Lipinski definition) is 4. The molecular formula is C12H13F2NO4. The van der Waals surface area contributed by atoms with Gasteiger partial charge in [-0.05, 0) is 26.0 Å². The van der Waals surface area contributed by atoms with Crippen LogP contribution in [0.4, 0.5) is 19.3 Å². The summed E-state index contributed by atoms with van der Waals surface area (Å²) in [4.78, 5) is 22.4. The maximum atomic E-state index is 13.5. The molecule has 1 aromatic rings. The van der Waals surface area contributed by atoms with Crippen molar-refractivity contribution in [3.05, 3.63) is 29.3 Å². The van der Waals surface area contributed by atoms with Gasteiger partial charge >= 0.3 is 12.1 Å². The molecule has 104 valence electrons. The molecule has 0 radical (unpaired) electrons. The number of hydrogen-bond donors (Lipinski definition) is 1. The third kappa shape index (κ3) is 3.90. The Labute approximate surface area is 108 Å². The first-order valence-electron chi connectivity index (χ1n) is 5.40. The van der Waals surface area contributed by atoms with E-state index < -0.39 is 29.3 Å². The number of nitrogens with one attached hydrogen (secondary N) is 1. The highest BCUT2D eigenvalue weighted by Gasteiger charge is 2.20. The first-order valence-corrected chi connectivity index (χ1v) is 5.40. The van der Waals surface area contributed by atoms with Gasteiger partial charge in [0.2, 0.25) is 0 Å². The maximum absolute atomic E-state index is 13.5. The lowest BCUT2D eigenvalue weighted by Gasteiger charge is -2.10. The quantitative estimate of drug-likeness (QED) is 0.860. The minimum atomic E-state index is -1.13. The molecule has 0 saturated heterocycles. The van der Waals surface area contributed by atoms with Crippen LogP contribution in [0.15, 0.2) is 12.1 Å². The summed E-state index contributed by atoms with van der Waals surface area (Å²) < 4.78 is 36.0. The molecule has 19 heavy (non-hydrogen) atoms. The summed E-state index contributed by atoms with van der Waals surface area (Å²) in [5.41, 5.74) is -0.974. The molecule has 0 saturated carbocycles. The van der Waals surface area contributed by atoms with Crippen molar-refractivity contribution in [2.24, 2.45) is 0 Å². The Kier molecular flexibility index (Phi) is 4.80. The van der Waals surface area contributed by atoms with Crippen molar-refractivity contribution < 1.29 is 27.8 Å². The van der Waals surface area contributed by atoms with Crippen LogP contribution in [0.25, 0.3) is 0 Å². The summed E-state index contributed by atoms with van der Waals surface area (Å²) in [5.74, 6) is -3.40. The molecule has 0 atom stereocenters. The number of methoxy groups -OCH3 is 1. The second-order valence-corrected chi connectivity index (χ2v) is 3.89. The Balaban J connectivity index is 2.95. The van der Waals surface area contributed by atoms with Gasteiger partial charge in [0, 0.05) is 5.69 Å². The monoisotopic (exact) mass is 273 g/mol. The van der Waals surface area contributed by atoms with Gasteiger partial charge in [-0.25, -0.2) is 18.4 Å². The number of amides is 1. The van der Waals surface area contributed by atoms with Gasteiger partial charge < -0.3 is 9.47 Å². The number of carbonyl (C=O) groups is 2. The fourth-order valence-corrected chi connectivity index (χ4v) is 1.30. The highest BCUT2D eigenvalue weighted by Crippen LogP contribution is 2.20. The smallest absolute Gasteiger partial charge is 0.411 e. The molecule has 0 unspecified atom stereocenters. The number of halogens is 2. The summed E-state index contributed by atoms with van der Waals surface area (Å²) >= 11 is 0. The number of ether oxygens (including phenoxy) is 2. The summed E-state index contributed by atoms with van der Waals surface area (Å²) in [6.45, 7) is 3.25. The predicted octanol–water partition coefficient (Wildman–Crippen LogP) is 2.71. The van der Waals surface area contributed by atoms with E-state index in [1.54, 1.807) is 13.8 Å². The van der Waals surface area contributed by atoms with E-state index in [4.69, 9.17) is 4.74 Å². The molecule has 0 aliphatic rings. The van der Waals surface area contributed by atoms with Crippen molar-refractivity contribution in [2.75, 3.05) is 12.4 Å². The van der Waals surface area contributed by atoms with Crippen molar-refractivity contribution >= 4 is 17.7 Å². The number of benzene rings is 1. The summed E-state index contributed by atoms with van der Waals surface area (Å²) in [6.07, 6.45) is -1.22. The second-order valence-electron chi connectivity index (χ2n) is 3.89. The van der Waals surface area contributed by atoms with Crippen LogP contribution in [-0.2, 0) is 9.47 Å². The zero-order valence-corrected chi connectivity index (χ0v) is 10.6. The van der Waals surface area contributed by atoms with E-state index in [-0.39, 0.29) is 11.8 Å². The summed E-state index contributed by atoms with van der Waals surface area (Å²) in [5, 5.41) is 2.15. The lowest BCUT2D eigenvalue weighted by atomic mass is 10.2. The van der Waals surface area contributed by atoms with Gasteiger partial charge in [0.25, 0.3) is 0 Å². The fourth-order valence-electron chi connectivity index (χ4n) is 1.30. The van der Waals surface area contributed by atoms with Gasteiger partial charge in [-0.15, -0.1) is 0 Å². The van der Waals surface area contributed by atoms with Crippen LogP contribution in [0.1, 0.15) is 24.2 Å². The third-order valence-corrected chi connectivity index (χ3v) is 2.02. The fraction of sp³-hybridized carbons (Fsp3) is 0.333. The van der Waals surface area contributed by atoms with Crippen LogP contribution >= 0.6 is 0 Å². The first kappa shape index (κ1) is 14.9. The van der Waals surface area contributed by atoms with Crippen LogP contribution in [0.5, 0.6) is 0 Å². The highest BCUT2D eigenvalue weighted by atomic mass is 19.1. The third-order valence-electron chi connectivity index (χ3n) is 2.02. The molecule has 5 nitrogen and oxygen atoms in total. The van der Waals surface area contributed by atoms with E-state index in [2.05, 4.69) is 10.1 Å². The Morgan fingerprint density at radius 3 is 2.16 bits per heavy atom. The average Bonchev–Trinajstić information content (AvgIpc) is 2.26. The van der Waals surface area contributed by atoms with Gasteiger partial charge in [0.15, 0.2) is 0 Å². The zero-order chi connectivity index (χ0) is 14.6. The van der Waals surface area contributed by atoms with E-state index in [1.807, 2.05) is 0 Å². The van der Waals surface area contributed by atoms with E-state index in [0.717, 1.165) is 19.2 Å². The van der Waals surface area contributed by atoms with Crippen LogP contribution in [0.2, 0.25) is 0 Å². The Morgan fingerprint density at radius 2 is 1.74 bits per heavy atom. The van der Waals surface area contributed by atoms with Crippen LogP contribution in [0.3, 0.4) is 0 Å². The molecule has 7 heteroatoms.